The second kappa shape index (κ2) is 11.3. The van der Waals surface area contributed by atoms with Gasteiger partial charge in [-0.3, -0.25) is 4.79 Å². The van der Waals surface area contributed by atoms with Crippen LogP contribution in [-0.4, -0.2) is 41.1 Å². The van der Waals surface area contributed by atoms with Gasteiger partial charge in [-0.25, -0.2) is 14.4 Å². The number of benzene rings is 3. The molecule has 0 saturated carbocycles. The average Bonchev–Trinajstić information content (AvgIpc) is 2.82. The van der Waals surface area contributed by atoms with Crippen molar-refractivity contribution in [3.05, 3.63) is 100 Å². The molecule has 8 nitrogen and oxygen atoms in total. The summed E-state index contributed by atoms with van der Waals surface area (Å²) in [6.45, 7) is 3.50. The number of rotatable bonds is 8. The fraction of sp³-hybridized carbons (Fsp3) is 0.154. The summed E-state index contributed by atoms with van der Waals surface area (Å²) in [5.74, 6) is -4.61. The van der Waals surface area contributed by atoms with Crippen LogP contribution in [0.1, 0.15) is 31.8 Å². The van der Waals surface area contributed by atoms with Crippen molar-refractivity contribution >= 4 is 41.1 Å². The molecule has 2 N–H and O–H groups in total. The second-order valence-electron chi connectivity index (χ2n) is 7.73. The Morgan fingerprint density at radius 2 is 1.26 bits per heavy atom. The lowest BCUT2D eigenvalue weighted by atomic mass is 10.1. The zero-order valence-electron chi connectivity index (χ0n) is 18.9. The molecule has 3 aromatic rings. The van der Waals surface area contributed by atoms with Crippen LogP contribution in [0, 0.1) is 13.8 Å². The molecule has 0 aromatic heterocycles. The second-order valence-corrected chi connectivity index (χ2v) is 8.16. The number of nitrogens with one attached hydrogen (secondary N) is 1. The van der Waals surface area contributed by atoms with E-state index in [1.165, 1.54) is 48.5 Å². The van der Waals surface area contributed by atoms with Gasteiger partial charge in [-0.1, -0.05) is 47.0 Å². The molecule has 0 bridgehead atoms. The fourth-order valence-electron chi connectivity index (χ4n) is 3.15. The number of esters is 2. The van der Waals surface area contributed by atoms with E-state index in [2.05, 4.69) is 5.32 Å². The molecule has 0 aliphatic rings. The van der Waals surface area contributed by atoms with Crippen LogP contribution in [0.25, 0.3) is 0 Å². The van der Waals surface area contributed by atoms with Crippen molar-refractivity contribution in [1.29, 1.82) is 0 Å². The first-order chi connectivity index (χ1) is 16.6. The van der Waals surface area contributed by atoms with Crippen molar-refractivity contribution in [2.24, 2.45) is 0 Å². The van der Waals surface area contributed by atoms with E-state index in [1.807, 2.05) is 0 Å². The number of amides is 1. The van der Waals surface area contributed by atoms with Crippen molar-refractivity contribution in [2.45, 2.75) is 26.1 Å². The summed E-state index contributed by atoms with van der Waals surface area (Å²) in [4.78, 5) is 50.6. The number of anilines is 1. The number of carbonyl (C=O) groups excluding carboxylic acids is 3. The molecule has 0 fully saturated rings. The van der Waals surface area contributed by atoms with Crippen molar-refractivity contribution in [2.75, 3.05) is 5.32 Å². The Balaban J connectivity index is 1.91. The Kier molecular flexibility index (Phi) is 8.22. The molecule has 0 aliphatic heterocycles. The van der Waals surface area contributed by atoms with Gasteiger partial charge in [0.15, 0.2) is 0 Å². The minimum Gasteiger partial charge on any atom is -0.478 e. The van der Waals surface area contributed by atoms with E-state index in [0.717, 1.165) is 11.1 Å². The molecular weight excluding hydrogens is 474 g/mol. The third-order valence-corrected chi connectivity index (χ3v) is 5.12. The van der Waals surface area contributed by atoms with Gasteiger partial charge in [0, 0.05) is 10.7 Å². The van der Waals surface area contributed by atoms with E-state index in [-0.39, 0.29) is 16.8 Å². The number of hydrogen-bond donors (Lipinski definition) is 2. The van der Waals surface area contributed by atoms with Crippen molar-refractivity contribution in [1.82, 2.24) is 0 Å². The monoisotopic (exact) mass is 495 g/mol. The van der Waals surface area contributed by atoms with Crippen LogP contribution in [0.15, 0.2) is 72.8 Å². The van der Waals surface area contributed by atoms with Crippen molar-refractivity contribution < 1.29 is 33.8 Å². The fourth-order valence-corrected chi connectivity index (χ4v) is 3.28. The number of aliphatic carboxylic acids is 1. The molecule has 2 atom stereocenters. The van der Waals surface area contributed by atoms with Gasteiger partial charge in [0.1, 0.15) is 0 Å². The van der Waals surface area contributed by atoms with E-state index >= 15 is 0 Å². The van der Waals surface area contributed by atoms with Crippen molar-refractivity contribution in [3.63, 3.8) is 0 Å². The highest BCUT2D eigenvalue weighted by molar-refractivity contribution is 6.30. The van der Waals surface area contributed by atoms with Gasteiger partial charge in [0.05, 0.1) is 11.1 Å². The topological polar surface area (TPSA) is 119 Å². The van der Waals surface area contributed by atoms with Gasteiger partial charge in [-0.05, 0) is 62.4 Å². The Morgan fingerprint density at radius 3 is 1.71 bits per heavy atom. The first-order valence-corrected chi connectivity index (χ1v) is 10.9. The average molecular weight is 496 g/mol. The highest BCUT2D eigenvalue weighted by Gasteiger charge is 2.41. The van der Waals surface area contributed by atoms with Crippen LogP contribution in [0.5, 0.6) is 0 Å². The van der Waals surface area contributed by atoms with E-state index < -0.39 is 36.0 Å². The first kappa shape index (κ1) is 25.5. The third-order valence-electron chi connectivity index (χ3n) is 4.86. The number of carboxylic acids is 1. The maximum atomic E-state index is 13.1. The lowest BCUT2D eigenvalue weighted by Gasteiger charge is -2.23. The van der Waals surface area contributed by atoms with E-state index in [4.69, 9.17) is 21.1 Å². The number of aryl methyl sites for hydroxylation is 2. The van der Waals surface area contributed by atoms with Crippen molar-refractivity contribution in [3.8, 4) is 0 Å². The number of carboxylic acid groups (broad SMARTS) is 1. The number of hydrogen-bond acceptors (Lipinski definition) is 6. The molecule has 9 heteroatoms. The minimum absolute atomic E-state index is 0.0816. The molecule has 35 heavy (non-hydrogen) atoms. The molecule has 180 valence electrons. The summed E-state index contributed by atoms with van der Waals surface area (Å²) in [6.07, 6.45) is -4.12. The lowest BCUT2D eigenvalue weighted by molar-refractivity contribution is -0.157. The lowest BCUT2D eigenvalue weighted by Crippen LogP contribution is -2.48. The quantitative estimate of drug-likeness (QED) is 0.443. The number of ether oxygens (including phenoxy) is 2. The summed E-state index contributed by atoms with van der Waals surface area (Å²) in [5.41, 5.74) is 1.95. The van der Waals surface area contributed by atoms with Crippen LogP contribution in [0.4, 0.5) is 5.69 Å². The third kappa shape index (κ3) is 6.91. The number of carbonyl (C=O) groups is 4. The van der Waals surface area contributed by atoms with Gasteiger partial charge >= 0.3 is 17.9 Å². The molecule has 3 rings (SSSR count). The molecule has 1 amide bonds. The molecule has 0 aliphatic carbocycles. The van der Waals surface area contributed by atoms with Gasteiger partial charge in [0.2, 0.25) is 12.2 Å². The Bertz CT molecular complexity index is 1260. The standard InChI is InChI=1S/C26H22ClNO7/c1-15-5-3-7-17(13-15)25(32)34-21(23(29)28-20-11-9-19(27)10-12-20)22(24(30)31)35-26(33)18-8-4-6-16(2)14-18/h3-14,21-22H,1-2H3,(H,28,29)(H,30,31)/t21-,22+/m1/s1. The summed E-state index contributed by atoms with van der Waals surface area (Å²) < 4.78 is 10.5. The highest BCUT2D eigenvalue weighted by Crippen LogP contribution is 2.18. The van der Waals surface area contributed by atoms with Crippen LogP contribution in [-0.2, 0) is 19.1 Å². The first-order valence-electron chi connectivity index (χ1n) is 10.5. The van der Waals surface area contributed by atoms with Crippen LogP contribution < -0.4 is 5.32 Å². The molecule has 3 aromatic carbocycles. The molecule has 0 saturated heterocycles. The Labute approximate surface area is 206 Å². The van der Waals surface area contributed by atoms with E-state index in [9.17, 15) is 24.3 Å². The Hall–Kier alpha value is -4.17. The maximum absolute atomic E-state index is 13.1. The normalized spacial score (nSPS) is 12.2. The summed E-state index contributed by atoms with van der Waals surface area (Å²) in [5, 5.41) is 12.7. The van der Waals surface area contributed by atoms with Gasteiger partial charge in [-0.2, -0.15) is 0 Å². The van der Waals surface area contributed by atoms with Gasteiger partial charge < -0.3 is 19.9 Å². The SMILES string of the molecule is Cc1cccc(C(=O)O[C@H](C(=O)O)[C@@H](OC(=O)c2cccc(C)c2)C(=O)Nc2ccc(Cl)cc2)c1. The predicted molar refractivity (Wildman–Crippen MR) is 128 cm³/mol. The van der Waals surface area contributed by atoms with Crippen LogP contribution in [0.2, 0.25) is 5.02 Å². The maximum Gasteiger partial charge on any atom is 0.349 e. The molecule has 0 unspecified atom stereocenters. The molecular formula is C26H22ClNO7. The summed E-state index contributed by atoms with van der Waals surface area (Å²) in [7, 11) is 0. The Morgan fingerprint density at radius 1 is 0.771 bits per heavy atom. The van der Waals surface area contributed by atoms with Gasteiger partial charge in [-0.15, -0.1) is 0 Å². The van der Waals surface area contributed by atoms with Gasteiger partial charge in [0.25, 0.3) is 5.91 Å². The largest absolute Gasteiger partial charge is 0.478 e. The molecule has 0 radical (unpaired) electrons. The van der Waals surface area contributed by atoms with E-state index in [0.29, 0.717) is 5.02 Å². The van der Waals surface area contributed by atoms with E-state index in [1.54, 1.807) is 38.1 Å². The zero-order chi connectivity index (χ0) is 25.5. The minimum atomic E-state index is -2.12. The zero-order valence-corrected chi connectivity index (χ0v) is 19.6. The van der Waals surface area contributed by atoms with Crippen LogP contribution >= 0.6 is 11.6 Å². The summed E-state index contributed by atoms with van der Waals surface area (Å²) >= 11 is 5.86. The molecule has 0 spiro atoms. The number of halogens is 1. The predicted octanol–water partition coefficient (Wildman–Crippen LogP) is 4.43. The smallest absolute Gasteiger partial charge is 0.349 e. The highest BCUT2D eigenvalue weighted by atomic mass is 35.5. The summed E-state index contributed by atoms with van der Waals surface area (Å²) in [6, 6.07) is 18.6. The van der Waals surface area contributed by atoms with Crippen LogP contribution in [0.3, 0.4) is 0 Å². The molecule has 0 heterocycles.